The van der Waals surface area contributed by atoms with Crippen molar-refractivity contribution in [2.24, 2.45) is 0 Å². The first-order valence-electron chi connectivity index (χ1n) is 5.45. The molecule has 0 saturated heterocycles. The molecule has 0 saturated carbocycles. The van der Waals surface area contributed by atoms with E-state index in [0.717, 1.165) is 0 Å². The minimum absolute atomic E-state index is 0.0376. The normalized spacial score (nSPS) is 10.6. The summed E-state index contributed by atoms with van der Waals surface area (Å²) in [6, 6.07) is 2.65. The summed E-state index contributed by atoms with van der Waals surface area (Å²) in [5.74, 6) is -10.7. The molecule has 0 radical (unpaired) electrons. The zero-order chi connectivity index (χ0) is 15.7. The van der Waals surface area contributed by atoms with Gasteiger partial charge in [-0.2, -0.15) is 4.98 Å². The third-order valence-corrected chi connectivity index (χ3v) is 2.56. The molecule has 0 unspecified atom stereocenters. The van der Waals surface area contributed by atoms with Gasteiger partial charge in [-0.15, -0.1) is 0 Å². The summed E-state index contributed by atoms with van der Waals surface area (Å²) >= 11 is 0. The number of nitrogen functional groups attached to an aromatic ring is 1. The lowest BCUT2D eigenvalue weighted by Crippen LogP contribution is -2.09. The van der Waals surface area contributed by atoms with Gasteiger partial charge in [-0.3, -0.25) is 0 Å². The fourth-order valence-corrected chi connectivity index (χ4v) is 1.50. The highest BCUT2D eigenvalue weighted by molar-refractivity contribution is 5.70. The summed E-state index contributed by atoms with van der Waals surface area (Å²) < 4.78 is 70.9. The Balaban J connectivity index is 2.55. The Bertz CT molecular complexity index is 679. The van der Waals surface area contributed by atoms with E-state index < -0.39 is 34.8 Å². The number of aromatic nitrogens is 1. The Morgan fingerprint density at radius 1 is 0.952 bits per heavy atom. The van der Waals surface area contributed by atoms with E-state index in [9.17, 15) is 22.0 Å². The molecule has 0 amide bonds. The second-order valence-corrected chi connectivity index (χ2v) is 3.86. The number of nitrogens with zero attached hydrogens (tertiary/aromatic N) is 1. The van der Waals surface area contributed by atoms with Crippen molar-refractivity contribution in [3.05, 3.63) is 41.2 Å². The molecule has 21 heavy (non-hydrogen) atoms. The SMILES string of the molecule is COc1ccc(N)c(Nc2c(F)c(F)c(F)c(F)c2F)n1. The van der Waals surface area contributed by atoms with Crippen LogP contribution in [0.15, 0.2) is 12.1 Å². The molecule has 0 bridgehead atoms. The quantitative estimate of drug-likeness (QED) is 0.520. The number of rotatable bonds is 3. The maximum atomic E-state index is 13.5. The van der Waals surface area contributed by atoms with Crippen molar-refractivity contribution in [3.8, 4) is 5.88 Å². The highest BCUT2D eigenvalue weighted by Crippen LogP contribution is 2.31. The van der Waals surface area contributed by atoms with Gasteiger partial charge in [0.2, 0.25) is 11.7 Å². The largest absolute Gasteiger partial charge is 0.481 e. The van der Waals surface area contributed by atoms with Crippen LogP contribution in [0.5, 0.6) is 5.88 Å². The second kappa shape index (κ2) is 5.43. The summed E-state index contributed by atoms with van der Waals surface area (Å²) in [5, 5.41) is 1.98. The summed E-state index contributed by atoms with van der Waals surface area (Å²) in [6.45, 7) is 0. The van der Waals surface area contributed by atoms with Gasteiger partial charge in [-0.1, -0.05) is 0 Å². The molecule has 0 spiro atoms. The molecule has 0 aliphatic heterocycles. The minimum atomic E-state index is -2.25. The number of methoxy groups -OCH3 is 1. The van der Waals surface area contributed by atoms with Crippen molar-refractivity contribution in [1.82, 2.24) is 4.98 Å². The van der Waals surface area contributed by atoms with E-state index in [0.29, 0.717) is 0 Å². The van der Waals surface area contributed by atoms with Gasteiger partial charge in [0, 0.05) is 6.07 Å². The van der Waals surface area contributed by atoms with Crippen molar-refractivity contribution in [1.29, 1.82) is 0 Å². The number of nitrogens with one attached hydrogen (secondary N) is 1. The number of anilines is 3. The van der Waals surface area contributed by atoms with Gasteiger partial charge >= 0.3 is 0 Å². The molecule has 0 fully saturated rings. The van der Waals surface area contributed by atoms with Gasteiger partial charge in [0.25, 0.3) is 0 Å². The van der Waals surface area contributed by atoms with Crippen molar-refractivity contribution >= 4 is 17.2 Å². The third-order valence-electron chi connectivity index (χ3n) is 2.56. The highest BCUT2D eigenvalue weighted by atomic mass is 19.2. The fourth-order valence-electron chi connectivity index (χ4n) is 1.50. The smallest absolute Gasteiger partial charge is 0.215 e. The highest BCUT2D eigenvalue weighted by Gasteiger charge is 2.26. The van der Waals surface area contributed by atoms with Crippen LogP contribution in [-0.4, -0.2) is 12.1 Å². The van der Waals surface area contributed by atoms with Gasteiger partial charge in [0.1, 0.15) is 5.69 Å². The van der Waals surface area contributed by atoms with Crippen molar-refractivity contribution < 1.29 is 26.7 Å². The van der Waals surface area contributed by atoms with E-state index in [2.05, 4.69) is 4.98 Å². The fraction of sp³-hybridized carbons (Fsp3) is 0.0833. The molecule has 1 aromatic carbocycles. The van der Waals surface area contributed by atoms with E-state index in [4.69, 9.17) is 10.5 Å². The zero-order valence-corrected chi connectivity index (χ0v) is 10.5. The van der Waals surface area contributed by atoms with Crippen LogP contribution < -0.4 is 15.8 Å². The number of benzene rings is 1. The number of hydrogen-bond donors (Lipinski definition) is 2. The molecular weight excluding hydrogens is 297 g/mol. The van der Waals surface area contributed by atoms with Gasteiger partial charge in [0.15, 0.2) is 29.1 Å². The lowest BCUT2D eigenvalue weighted by molar-refractivity contribution is 0.382. The van der Waals surface area contributed by atoms with Gasteiger partial charge < -0.3 is 15.8 Å². The van der Waals surface area contributed by atoms with E-state index in [1.54, 1.807) is 0 Å². The lowest BCUT2D eigenvalue weighted by Gasteiger charge is -2.12. The predicted molar refractivity (Wildman–Crippen MR) is 64.7 cm³/mol. The molecule has 0 atom stereocenters. The summed E-state index contributed by atoms with van der Waals surface area (Å²) in [4.78, 5) is 3.72. The molecule has 1 aromatic heterocycles. The third kappa shape index (κ3) is 2.54. The number of ether oxygens (including phenoxy) is 1. The first-order valence-corrected chi connectivity index (χ1v) is 5.45. The van der Waals surface area contributed by atoms with Crippen LogP contribution in [0.2, 0.25) is 0 Å². The summed E-state index contributed by atoms with van der Waals surface area (Å²) in [5.41, 5.74) is 4.19. The van der Waals surface area contributed by atoms with E-state index in [-0.39, 0.29) is 17.4 Å². The standard InChI is InChI=1S/C12H8F5N3O/c1-21-5-3-2-4(18)12(19-5)20-11-9(16)7(14)6(13)8(15)10(11)17/h2-3H,18H2,1H3,(H,19,20). The van der Waals surface area contributed by atoms with Crippen molar-refractivity contribution in [3.63, 3.8) is 0 Å². The predicted octanol–water partition coefficient (Wildman–Crippen LogP) is 3.11. The average molecular weight is 305 g/mol. The summed E-state index contributed by atoms with van der Waals surface area (Å²) in [6.07, 6.45) is 0. The van der Waals surface area contributed by atoms with Crippen LogP contribution in [0.25, 0.3) is 0 Å². The molecule has 112 valence electrons. The molecular formula is C12H8F5N3O. The zero-order valence-electron chi connectivity index (χ0n) is 10.5. The topological polar surface area (TPSA) is 60.2 Å². The molecule has 3 N–H and O–H groups in total. The molecule has 9 heteroatoms. The maximum Gasteiger partial charge on any atom is 0.215 e. The minimum Gasteiger partial charge on any atom is -0.481 e. The van der Waals surface area contributed by atoms with Crippen molar-refractivity contribution in [2.75, 3.05) is 18.2 Å². The second-order valence-electron chi connectivity index (χ2n) is 3.86. The average Bonchev–Trinajstić information content (AvgIpc) is 2.49. The first-order chi connectivity index (χ1) is 9.86. The van der Waals surface area contributed by atoms with Crippen molar-refractivity contribution in [2.45, 2.75) is 0 Å². The molecule has 0 aliphatic rings. The molecule has 2 rings (SSSR count). The molecule has 1 heterocycles. The summed E-state index contributed by atoms with van der Waals surface area (Å²) in [7, 11) is 1.28. The van der Waals surface area contributed by atoms with E-state index in [1.807, 2.05) is 5.32 Å². The van der Waals surface area contributed by atoms with Gasteiger partial charge in [0.05, 0.1) is 12.8 Å². The van der Waals surface area contributed by atoms with Crippen LogP contribution in [0.1, 0.15) is 0 Å². The number of pyridine rings is 1. The maximum absolute atomic E-state index is 13.5. The number of nitrogens with two attached hydrogens (primary N) is 1. The van der Waals surface area contributed by atoms with Crippen LogP contribution >= 0.6 is 0 Å². The Morgan fingerprint density at radius 3 is 2.00 bits per heavy atom. The molecule has 0 aliphatic carbocycles. The Morgan fingerprint density at radius 2 is 1.48 bits per heavy atom. The number of hydrogen-bond acceptors (Lipinski definition) is 4. The molecule has 2 aromatic rings. The van der Waals surface area contributed by atoms with Crippen LogP contribution in [-0.2, 0) is 0 Å². The lowest BCUT2D eigenvalue weighted by atomic mass is 10.2. The van der Waals surface area contributed by atoms with Crippen LogP contribution in [0.3, 0.4) is 0 Å². The molecule has 4 nitrogen and oxygen atoms in total. The van der Waals surface area contributed by atoms with E-state index >= 15 is 0 Å². The van der Waals surface area contributed by atoms with Gasteiger partial charge in [-0.05, 0) is 6.07 Å². The number of halogens is 5. The Kier molecular flexibility index (Phi) is 3.83. The Labute approximate surface area is 115 Å². The first kappa shape index (κ1) is 14.8. The monoisotopic (exact) mass is 305 g/mol. The van der Waals surface area contributed by atoms with Crippen LogP contribution in [0.4, 0.5) is 39.1 Å². The van der Waals surface area contributed by atoms with Gasteiger partial charge in [-0.25, -0.2) is 22.0 Å². The van der Waals surface area contributed by atoms with E-state index in [1.165, 1.54) is 19.2 Å². The Hall–Kier alpha value is -2.58. The van der Waals surface area contributed by atoms with Crippen LogP contribution in [0, 0.1) is 29.1 Å².